The lowest BCUT2D eigenvalue weighted by Gasteiger charge is -2.35. The quantitative estimate of drug-likeness (QED) is 0.129. The summed E-state index contributed by atoms with van der Waals surface area (Å²) in [6.07, 6.45) is 2.17. The van der Waals surface area contributed by atoms with Gasteiger partial charge in [0.15, 0.2) is 0 Å². The Morgan fingerprint density at radius 2 is 1.68 bits per heavy atom. The zero-order chi connectivity index (χ0) is 38.7. The van der Waals surface area contributed by atoms with E-state index in [0.29, 0.717) is 19.4 Å². The minimum Gasteiger partial charge on any atom is -0.391 e. The van der Waals surface area contributed by atoms with E-state index in [-0.39, 0.29) is 56.0 Å². The number of aryl methyl sites for hydroxylation is 2. The predicted octanol–water partition coefficient (Wildman–Crippen LogP) is 4.16. The fourth-order valence-electron chi connectivity index (χ4n) is 6.38. The number of thiazole rings is 1. The highest BCUT2D eigenvalue weighted by Crippen LogP contribution is 2.28. The van der Waals surface area contributed by atoms with Crippen molar-refractivity contribution in [3.8, 4) is 10.4 Å². The predicted molar refractivity (Wildman–Crippen MR) is 205 cm³/mol. The van der Waals surface area contributed by atoms with E-state index >= 15 is 0 Å². The molecule has 4 rings (SSSR count). The van der Waals surface area contributed by atoms with E-state index in [0.717, 1.165) is 45.7 Å². The topological polar surface area (TPSA) is 184 Å². The fraction of sp³-hybridized carbons (Fsp3) is 0.500. The van der Waals surface area contributed by atoms with Gasteiger partial charge in [-0.2, -0.15) is 0 Å². The number of β-amino-alcohol motifs (C(OH)–C–C–N with tert-alkyl or cyclic N) is 1. The lowest BCUT2D eigenvalue weighted by Crippen LogP contribution is -2.57. The second kappa shape index (κ2) is 18.9. The Morgan fingerprint density at radius 1 is 0.981 bits per heavy atom. The van der Waals surface area contributed by atoms with Crippen LogP contribution >= 0.6 is 11.3 Å². The van der Waals surface area contributed by atoms with Gasteiger partial charge in [-0.25, -0.2) is 4.98 Å². The van der Waals surface area contributed by atoms with Crippen LogP contribution in [0.2, 0.25) is 0 Å². The van der Waals surface area contributed by atoms with Gasteiger partial charge in [-0.15, -0.1) is 11.3 Å². The molecule has 0 aliphatic carbocycles. The zero-order valence-electron chi connectivity index (χ0n) is 31.4. The van der Waals surface area contributed by atoms with Crippen LogP contribution in [0.3, 0.4) is 0 Å². The Labute approximate surface area is 316 Å². The van der Waals surface area contributed by atoms with Crippen LogP contribution in [-0.4, -0.2) is 69.3 Å². The lowest BCUT2D eigenvalue weighted by atomic mass is 9.85. The molecule has 4 atom stereocenters. The highest BCUT2D eigenvalue weighted by atomic mass is 32.1. The van der Waals surface area contributed by atoms with Crippen molar-refractivity contribution < 1.29 is 29.1 Å². The first-order valence-electron chi connectivity index (χ1n) is 18.3. The maximum absolute atomic E-state index is 13.9. The van der Waals surface area contributed by atoms with Crippen molar-refractivity contribution >= 4 is 40.9 Å². The number of carbonyl (C=O) groups excluding carboxylic acids is 5. The number of nitrogens with zero attached hydrogens (tertiary/aromatic N) is 2. The maximum atomic E-state index is 13.9. The Kier molecular flexibility index (Phi) is 14.7. The van der Waals surface area contributed by atoms with Gasteiger partial charge in [-0.3, -0.25) is 24.0 Å². The lowest BCUT2D eigenvalue weighted by molar-refractivity contribution is -0.144. The number of carbonyl (C=O) groups is 5. The number of benzene rings is 2. The van der Waals surface area contributed by atoms with Crippen molar-refractivity contribution in [1.29, 1.82) is 0 Å². The Morgan fingerprint density at radius 3 is 2.34 bits per heavy atom. The van der Waals surface area contributed by atoms with E-state index in [9.17, 15) is 29.1 Å². The first-order chi connectivity index (χ1) is 25.1. The number of aliphatic hydroxyl groups excluding tert-OH is 1. The molecule has 3 aromatic rings. The minimum absolute atomic E-state index is 0.0132. The van der Waals surface area contributed by atoms with Gasteiger partial charge >= 0.3 is 0 Å². The summed E-state index contributed by atoms with van der Waals surface area (Å²) in [7, 11) is 0. The normalized spacial score (nSPS) is 16.8. The smallest absolute Gasteiger partial charge is 0.246 e. The number of aliphatic hydroxyl groups is 1. The first kappa shape index (κ1) is 41.1. The molecule has 0 bridgehead atoms. The summed E-state index contributed by atoms with van der Waals surface area (Å²) >= 11 is 1.58. The molecule has 1 saturated heterocycles. The van der Waals surface area contributed by atoms with Crippen molar-refractivity contribution in [2.75, 3.05) is 6.54 Å². The van der Waals surface area contributed by atoms with Gasteiger partial charge in [-0.1, -0.05) is 76.2 Å². The summed E-state index contributed by atoms with van der Waals surface area (Å²) in [6.45, 7) is 10.00. The second-order valence-electron chi connectivity index (χ2n) is 15.1. The molecule has 2 aromatic carbocycles. The van der Waals surface area contributed by atoms with Crippen LogP contribution in [-0.2, 0) is 43.5 Å². The van der Waals surface area contributed by atoms with Crippen molar-refractivity contribution in [3.63, 3.8) is 0 Å². The number of aromatic nitrogens is 1. The van der Waals surface area contributed by atoms with Crippen LogP contribution in [0.15, 0.2) is 54.0 Å². The molecule has 286 valence electrons. The van der Waals surface area contributed by atoms with Crippen molar-refractivity contribution in [2.45, 2.75) is 111 Å². The molecule has 1 aliphatic heterocycles. The van der Waals surface area contributed by atoms with Crippen molar-refractivity contribution in [1.82, 2.24) is 25.8 Å². The molecule has 53 heavy (non-hydrogen) atoms. The number of rotatable bonds is 17. The van der Waals surface area contributed by atoms with Gasteiger partial charge in [-0.05, 0) is 60.3 Å². The molecule has 0 saturated carbocycles. The van der Waals surface area contributed by atoms with E-state index in [1.165, 1.54) is 4.90 Å². The number of unbranched alkanes of at least 4 members (excludes halogenated alkanes) is 1. The molecular formula is C40H54N6O6S. The second-order valence-corrected chi connectivity index (χ2v) is 15.9. The number of amides is 5. The summed E-state index contributed by atoms with van der Waals surface area (Å²) in [5.74, 6) is -1.86. The third-order valence-electron chi connectivity index (χ3n) is 9.56. The molecule has 1 aromatic heterocycles. The summed E-state index contributed by atoms with van der Waals surface area (Å²) in [4.78, 5) is 70.7. The highest BCUT2D eigenvalue weighted by Gasteiger charge is 2.44. The van der Waals surface area contributed by atoms with Gasteiger partial charge in [0.1, 0.15) is 12.1 Å². The molecule has 0 radical (unpaired) electrons. The maximum Gasteiger partial charge on any atom is 0.246 e. The van der Waals surface area contributed by atoms with Crippen LogP contribution in [0.25, 0.3) is 10.4 Å². The average molecular weight is 747 g/mol. The number of hydrogen-bond donors (Lipinski definition) is 5. The van der Waals surface area contributed by atoms with E-state index in [4.69, 9.17) is 5.73 Å². The van der Waals surface area contributed by atoms with Crippen LogP contribution in [0.4, 0.5) is 0 Å². The Bertz CT molecular complexity index is 1740. The van der Waals surface area contributed by atoms with Crippen molar-refractivity contribution in [2.24, 2.45) is 17.1 Å². The number of nitrogens with two attached hydrogens (primary N) is 1. The summed E-state index contributed by atoms with van der Waals surface area (Å²) < 4.78 is 0. The van der Waals surface area contributed by atoms with Gasteiger partial charge in [0.2, 0.25) is 29.5 Å². The molecule has 13 heteroatoms. The standard InChI is InChI=1S/C40H54N6O6S/c1-25(13-18-33(41)48)37(50)42-22-29-11-8-10-27(19-29)9-6-7-12-34(49)45-36(40(3,4)5)39(52)46-23-31(47)20-32(46)38(51)43-21-28-14-16-30(17-15-28)35-26(2)44-24-53-35/h8,10-11,14-17,19,24-25,31-32,36,47H,6-7,9,12-13,18,20-23H2,1-5H3,(H2,41,48)(H,42,50)(H,43,51)(H,45,49)/t25-,31+,32-,36+/m0/s1. The fourth-order valence-corrected chi connectivity index (χ4v) is 7.19. The van der Waals surface area contributed by atoms with E-state index < -0.39 is 35.4 Å². The molecule has 0 spiro atoms. The molecular weight excluding hydrogens is 693 g/mol. The monoisotopic (exact) mass is 746 g/mol. The van der Waals surface area contributed by atoms with Crippen LogP contribution in [0.5, 0.6) is 0 Å². The van der Waals surface area contributed by atoms with Gasteiger partial charge in [0.25, 0.3) is 0 Å². The minimum atomic E-state index is -0.885. The molecule has 0 unspecified atom stereocenters. The Balaban J connectivity index is 1.25. The zero-order valence-corrected chi connectivity index (χ0v) is 32.3. The number of nitrogens with one attached hydrogen (secondary N) is 3. The number of primary amides is 1. The molecule has 12 nitrogen and oxygen atoms in total. The van der Waals surface area contributed by atoms with Gasteiger partial charge < -0.3 is 31.7 Å². The molecule has 1 aliphatic rings. The number of hydrogen-bond acceptors (Lipinski definition) is 8. The van der Waals surface area contributed by atoms with E-state index in [1.54, 1.807) is 18.3 Å². The summed E-state index contributed by atoms with van der Waals surface area (Å²) in [5.41, 5.74) is 11.3. The van der Waals surface area contributed by atoms with Crippen LogP contribution in [0.1, 0.15) is 88.6 Å². The van der Waals surface area contributed by atoms with Crippen LogP contribution < -0.4 is 21.7 Å². The Hall–Kier alpha value is -4.62. The van der Waals surface area contributed by atoms with Crippen LogP contribution in [0, 0.1) is 18.3 Å². The summed E-state index contributed by atoms with van der Waals surface area (Å²) in [5, 5.41) is 19.3. The molecule has 1 fully saturated rings. The summed E-state index contributed by atoms with van der Waals surface area (Å²) in [6, 6.07) is 14.1. The largest absolute Gasteiger partial charge is 0.391 e. The third-order valence-corrected chi connectivity index (χ3v) is 10.5. The highest BCUT2D eigenvalue weighted by molar-refractivity contribution is 7.13. The third kappa shape index (κ3) is 12.2. The number of likely N-dealkylation sites (tertiary alicyclic amines) is 1. The molecule has 6 N–H and O–H groups in total. The van der Waals surface area contributed by atoms with Gasteiger partial charge in [0, 0.05) is 44.8 Å². The van der Waals surface area contributed by atoms with Gasteiger partial charge in [0.05, 0.1) is 22.2 Å². The van der Waals surface area contributed by atoms with E-state index in [2.05, 4.69) is 20.9 Å². The molecule has 5 amide bonds. The SMILES string of the molecule is Cc1ncsc1-c1ccc(CNC(=O)[C@@H]2C[C@@H](O)CN2C(=O)[C@@H](NC(=O)CCCCc2cccc(CNC(=O)[C@@H](C)CCC(N)=O)c2)C(C)(C)C)cc1. The van der Waals surface area contributed by atoms with Crippen molar-refractivity contribution in [3.05, 3.63) is 76.4 Å². The first-order valence-corrected chi connectivity index (χ1v) is 19.2. The molecule has 2 heterocycles. The average Bonchev–Trinajstić information content (AvgIpc) is 3.74. The van der Waals surface area contributed by atoms with E-state index in [1.807, 2.05) is 81.7 Å².